The molecule has 0 atom stereocenters. The second-order valence-corrected chi connectivity index (χ2v) is 10.6. The van der Waals surface area contributed by atoms with Crippen LogP contribution in [0.1, 0.15) is 46.3 Å². The quantitative estimate of drug-likeness (QED) is 0.366. The van der Waals surface area contributed by atoms with Crippen LogP contribution in [-0.4, -0.2) is 42.1 Å². The van der Waals surface area contributed by atoms with Crippen molar-refractivity contribution >= 4 is 40.5 Å². The normalized spacial score (nSPS) is 17.4. The van der Waals surface area contributed by atoms with Gasteiger partial charge in [-0.05, 0) is 91.5 Å². The van der Waals surface area contributed by atoms with Crippen LogP contribution in [0, 0.1) is 6.92 Å². The van der Waals surface area contributed by atoms with Gasteiger partial charge < -0.3 is 19.7 Å². The van der Waals surface area contributed by atoms with Crippen LogP contribution in [0.5, 0.6) is 11.5 Å². The van der Waals surface area contributed by atoms with Gasteiger partial charge in [0, 0.05) is 18.7 Å². The molecule has 0 saturated carbocycles. The predicted octanol–water partition coefficient (Wildman–Crippen LogP) is 6.10. The van der Waals surface area contributed by atoms with Crippen molar-refractivity contribution in [3.8, 4) is 11.5 Å². The number of benzene rings is 3. The van der Waals surface area contributed by atoms with Gasteiger partial charge in [0.05, 0.1) is 17.7 Å². The van der Waals surface area contributed by atoms with E-state index in [1.807, 2.05) is 84.6 Å². The van der Waals surface area contributed by atoms with Crippen molar-refractivity contribution in [2.75, 3.05) is 20.2 Å². The fraction of sp³-hybridized carbons (Fsp3) is 0.258. The smallest absolute Gasteiger partial charge is 0.264 e. The Bertz CT molecular complexity index is 1410. The molecule has 2 fully saturated rings. The van der Waals surface area contributed by atoms with Gasteiger partial charge in [-0.2, -0.15) is 0 Å². The number of hydrogen-bond acceptors (Lipinski definition) is 6. The molecule has 5 rings (SSSR count). The molecule has 0 aromatic heterocycles. The van der Waals surface area contributed by atoms with E-state index in [-0.39, 0.29) is 11.8 Å². The number of piperidine rings is 1. The molecule has 200 valence electrons. The van der Waals surface area contributed by atoms with Crippen LogP contribution in [0.3, 0.4) is 0 Å². The number of carbonyl (C=O) groups is 2. The number of carbonyl (C=O) groups excluding carboxylic acids is 2. The second-order valence-electron chi connectivity index (χ2n) is 9.57. The minimum Gasteiger partial charge on any atom is -0.493 e. The van der Waals surface area contributed by atoms with Crippen molar-refractivity contribution in [1.82, 2.24) is 10.2 Å². The van der Waals surface area contributed by atoms with E-state index in [0.717, 1.165) is 48.3 Å². The standard InChI is InChI=1S/C31H31N3O4S/c1-21-6-13-25(14-7-21)32-31-33-29(35)28(39-31)19-23-10-15-26(27(18-23)37-2)38-20-22-8-11-24(12-9-22)30(36)34-16-4-3-5-17-34/h6-15,18-19H,3-5,16-17,20H2,1-2H3,(H,32,33,35)/b28-19-. The first-order chi connectivity index (χ1) is 19.0. The fourth-order valence-electron chi connectivity index (χ4n) is 4.45. The summed E-state index contributed by atoms with van der Waals surface area (Å²) in [7, 11) is 1.59. The number of ether oxygens (including phenoxy) is 2. The van der Waals surface area contributed by atoms with Gasteiger partial charge in [0.1, 0.15) is 6.61 Å². The number of rotatable bonds is 7. The average Bonchev–Trinajstić information content (AvgIpc) is 3.31. The van der Waals surface area contributed by atoms with Crippen LogP contribution in [-0.2, 0) is 11.4 Å². The highest BCUT2D eigenvalue weighted by atomic mass is 32.2. The van der Waals surface area contributed by atoms with Gasteiger partial charge in [0.2, 0.25) is 0 Å². The lowest BCUT2D eigenvalue weighted by Crippen LogP contribution is -2.35. The molecular weight excluding hydrogens is 510 g/mol. The first-order valence-corrected chi connectivity index (χ1v) is 13.9. The van der Waals surface area contributed by atoms with E-state index < -0.39 is 0 Å². The van der Waals surface area contributed by atoms with Crippen LogP contribution in [0.25, 0.3) is 6.08 Å². The summed E-state index contributed by atoms with van der Waals surface area (Å²) >= 11 is 1.30. The van der Waals surface area contributed by atoms with Crippen LogP contribution >= 0.6 is 11.8 Å². The maximum Gasteiger partial charge on any atom is 0.264 e. The van der Waals surface area contributed by atoms with Crippen LogP contribution in [0.2, 0.25) is 0 Å². The van der Waals surface area contributed by atoms with Crippen LogP contribution in [0.4, 0.5) is 5.69 Å². The van der Waals surface area contributed by atoms with Gasteiger partial charge in [-0.25, -0.2) is 4.99 Å². The number of nitrogens with zero attached hydrogens (tertiary/aromatic N) is 2. The summed E-state index contributed by atoms with van der Waals surface area (Å²) in [5, 5.41) is 3.37. The van der Waals surface area contributed by atoms with E-state index in [1.165, 1.54) is 18.2 Å². The first-order valence-electron chi connectivity index (χ1n) is 13.0. The number of hydrogen-bond donors (Lipinski definition) is 1. The monoisotopic (exact) mass is 541 g/mol. The molecule has 39 heavy (non-hydrogen) atoms. The molecule has 2 amide bonds. The SMILES string of the molecule is COc1cc(/C=C2\SC(=Nc3ccc(C)cc3)NC2=O)ccc1OCc1ccc(C(=O)N2CCCCC2)cc1. The van der Waals surface area contributed by atoms with Crippen molar-refractivity contribution in [3.63, 3.8) is 0 Å². The summed E-state index contributed by atoms with van der Waals surface area (Å²) in [5.74, 6) is 1.07. The van der Waals surface area contributed by atoms with Crippen molar-refractivity contribution in [2.24, 2.45) is 4.99 Å². The molecule has 3 aromatic rings. The molecule has 2 aliphatic heterocycles. The van der Waals surface area contributed by atoms with E-state index >= 15 is 0 Å². The fourth-order valence-corrected chi connectivity index (χ4v) is 5.29. The van der Waals surface area contributed by atoms with Crippen LogP contribution in [0.15, 0.2) is 76.6 Å². The van der Waals surface area contributed by atoms with Crippen molar-refractivity contribution in [3.05, 3.63) is 93.9 Å². The maximum absolute atomic E-state index is 12.7. The molecule has 0 radical (unpaired) electrons. The Morgan fingerprint density at radius 2 is 1.74 bits per heavy atom. The summed E-state index contributed by atoms with van der Waals surface area (Å²) in [6.45, 7) is 4.03. The molecule has 0 spiro atoms. The number of amides is 2. The molecule has 2 aliphatic rings. The molecule has 0 aliphatic carbocycles. The minimum absolute atomic E-state index is 0.0937. The van der Waals surface area contributed by atoms with E-state index in [0.29, 0.717) is 33.7 Å². The van der Waals surface area contributed by atoms with E-state index in [2.05, 4.69) is 10.3 Å². The zero-order valence-corrected chi connectivity index (χ0v) is 22.9. The summed E-state index contributed by atoms with van der Waals surface area (Å²) < 4.78 is 11.6. The summed E-state index contributed by atoms with van der Waals surface area (Å²) in [5.41, 5.74) is 4.42. The lowest BCUT2D eigenvalue weighted by atomic mass is 10.1. The van der Waals surface area contributed by atoms with Crippen molar-refractivity contribution in [1.29, 1.82) is 0 Å². The highest BCUT2D eigenvalue weighted by molar-refractivity contribution is 8.18. The van der Waals surface area contributed by atoms with E-state index in [1.54, 1.807) is 7.11 Å². The number of aryl methyl sites for hydroxylation is 1. The first kappa shape index (κ1) is 26.6. The van der Waals surface area contributed by atoms with Gasteiger partial charge in [-0.1, -0.05) is 35.9 Å². The number of likely N-dealkylation sites (tertiary alicyclic amines) is 1. The third kappa shape index (κ3) is 6.70. The predicted molar refractivity (Wildman–Crippen MR) is 156 cm³/mol. The largest absolute Gasteiger partial charge is 0.493 e. The van der Waals surface area contributed by atoms with Gasteiger partial charge in [0.25, 0.3) is 11.8 Å². The molecule has 7 nitrogen and oxygen atoms in total. The topological polar surface area (TPSA) is 80.2 Å². The van der Waals surface area contributed by atoms with Gasteiger partial charge in [-0.15, -0.1) is 0 Å². The number of thioether (sulfide) groups is 1. The Morgan fingerprint density at radius 1 is 1.00 bits per heavy atom. The molecule has 2 saturated heterocycles. The number of nitrogens with one attached hydrogen (secondary N) is 1. The van der Waals surface area contributed by atoms with Crippen molar-refractivity contribution < 1.29 is 19.1 Å². The lowest BCUT2D eigenvalue weighted by Gasteiger charge is -2.26. The summed E-state index contributed by atoms with van der Waals surface area (Å²) in [4.78, 5) is 32.2. The van der Waals surface area contributed by atoms with Crippen molar-refractivity contribution in [2.45, 2.75) is 32.8 Å². The van der Waals surface area contributed by atoms with Gasteiger partial charge in [0.15, 0.2) is 16.7 Å². The molecule has 3 aromatic carbocycles. The number of amidine groups is 1. The molecule has 1 N–H and O–H groups in total. The Morgan fingerprint density at radius 3 is 2.46 bits per heavy atom. The van der Waals surface area contributed by atoms with Gasteiger partial charge in [-0.3, -0.25) is 9.59 Å². The third-order valence-corrected chi connectivity index (χ3v) is 7.55. The molecule has 0 unspecified atom stereocenters. The Labute approximate surface area is 232 Å². The van der Waals surface area contributed by atoms with E-state index in [9.17, 15) is 9.59 Å². The minimum atomic E-state index is -0.188. The maximum atomic E-state index is 12.7. The zero-order chi connectivity index (χ0) is 27.2. The third-order valence-electron chi connectivity index (χ3n) is 6.64. The zero-order valence-electron chi connectivity index (χ0n) is 22.1. The van der Waals surface area contributed by atoms with E-state index in [4.69, 9.17) is 9.47 Å². The molecule has 8 heteroatoms. The molecule has 2 heterocycles. The number of methoxy groups -OCH3 is 1. The van der Waals surface area contributed by atoms with Crippen LogP contribution < -0.4 is 14.8 Å². The highest BCUT2D eigenvalue weighted by Crippen LogP contribution is 2.33. The Kier molecular flexibility index (Phi) is 8.32. The van der Waals surface area contributed by atoms with Gasteiger partial charge >= 0.3 is 0 Å². The molecular formula is C31H31N3O4S. The Balaban J connectivity index is 1.22. The molecule has 0 bridgehead atoms. The summed E-state index contributed by atoms with van der Waals surface area (Å²) in [6, 6.07) is 20.9. The number of aliphatic imine (C=N–C) groups is 1. The Hall–Kier alpha value is -4.04. The second kappa shape index (κ2) is 12.2. The highest BCUT2D eigenvalue weighted by Gasteiger charge is 2.24. The average molecular weight is 542 g/mol. The lowest BCUT2D eigenvalue weighted by molar-refractivity contribution is -0.115. The summed E-state index contributed by atoms with van der Waals surface area (Å²) in [6.07, 6.45) is 5.15.